The largest absolute Gasteiger partial charge is 0.462 e. The van der Waals surface area contributed by atoms with Crippen molar-refractivity contribution in [3.05, 3.63) is 36.0 Å². The number of hydrogen-bond acceptors (Lipinski definition) is 5. The summed E-state index contributed by atoms with van der Waals surface area (Å²) in [5, 5.41) is 0. The summed E-state index contributed by atoms with van der Waals surface area (Å²) in [6.07, 6.45) is -1.22. The zero-order valence-electron chi connectivity index (χ0n) is 13.1. The highest BCUT2D eigenvalue weighted by Gasteiger charge is 2.53. The summed E-state index contributed by atoms with van der Waals surface area (Å²) in [5.74, 6) is -4.41. The van der Waals surface area contributed by atoms with Gasteiger partial charge >= 0.3 is 5.97 Å². The van der Waals surface area contributed by atoms with Gasteiger partial charge in [-0.05, 0) is 20.2 Å². The Kier molecular flexibility index (Phi) is 6.28. The molecule has 0 aromatic carbocycles. The summed E-state index contributed by atoms with van der Waals surface area (Å²) < 4.78 is 52.1. The van der Waals surface area contributed by atoms with Crippen LogP contribution < -0.4 is 0 Å². The van der Waals surface area contributed by atoms with Gasteiger partial charge in [0.25, 0.3) is 0 Å². The average Bonchev–Trinajstić information content (AvgIpc) is 2.51. The lowest BCUT2D eigenvalue weighted by atomic mass is 9.88. The molecule has 0 saturated heterocycles. The molecule has 1 rings (SSSR count). The van der Waals surface area contributed by atoms with E-state index in [4.69, 9.17) is 4.74 Å². The molecule has 0 bridgehead atoms. The Hall–Kier alpha value is -1.93. The first-order valence-electron chi connectivity index (χ1n) is 6.68. The van der Waals surface area contributed by atoms with Crippen LogP contribution in [0.2, 0.25) is 0 Å². The number of alkyl halides is 1. The Bertz CT molecular complexity index is 571. The van der Waals surface area contributed by atoms with Gasteiger partial charge in [-0.15, -0.1) is 0 Å². The minimum atomic E-state index is -2.36. The molecule has 5 nitrogen and oxygen atoms in total. The second-order valence-corrected chi connectivity index (χ2v) is 4.96. The molecule has 0 N–H and O–H groups in total. The highest BCUT2D eigenvalue weighted by molar-refractivity contribution is 5.97. The zero-order chi connectivity index (χ0) is 17.8. The Labute approximate surface area is 132 Å². The Morgan fingerprint density at radius 3 is 2.52 bits per heavy atom. The number of nitrogens with zero attached hydrogens (tertiary/aromatic N) is 1. The SMILES string of the molecule is C=CC(=O)OCCC(=O)C1=CC(F)=C(F)C(OC)(N(C)C)C1F. The number of rotatable bonds is 7. The van der Waals surface area contributed by atoms with Crippen molar-refractivity contribution in [1.29, 1.82) is 0 Å². The van der Waals surface area contributed by atoms with Crippen molar-refractivity contribution in [2.45, 2.75) is 18.3 Å². The molecule has 1 aliphatic rings. The van der Waals surface area contributed by atoms with Crippen molar-refractivity contribution < 1.29 is 32.2 Å². The van der Waals surface area contributed by atoms with Gasteiger partial charge < -0.3 is 9.47 Å². The first-order valence-corrected chi connectivity index (χ1v) is 6.68. The minimum absolute atomic E-state index is 0.330. The number of esters is 1. The number of ether oxygens (including phenoxy) is 2. The zero-order valence-corrected chi connectivity index (χ0v) is 13.1. The first-order chi connectivity index (χ1) is 10.7. The van der Waals surface area contributed by atoms with Crippen LogP contribution in [0.15, 0.2) is 36.0 Å². The number of allylic oxidation sites excluding steroid dienone is 2. The summed E-state index contributed by atoms with van der Waals surface area (Å²) in [7, 11) is 3.60. The molecule has 0 amide bonds. The van der Waals surface area contributed by atoms with Gasteiger partial charge in [0.2, 0.25) is 5.72 Å². The van der Waals surface area contributed by atoms with Gasteiger partial charge in [0, 0.05) is 25.2 Å². The second-order valence-electron chi connectivity index (χ2n) is 4.96. The fourth-order valence-corrected chi connectivity index (χ4v) is 2.23. The van der Waals surface area contributed by atoms with Crippen LogP contribution in [-0.4, -0.2) is 56.4 Å². The van der Waals surface area contributed by atoms with Crippen molar-refractivity contribution in [3.63, 3.8) is 0 Å². The molecule has 2 atom stereocenters. The normalized spacial score (nSPS) is 24.5. The molecule has 23 heavy (non-hydrogen) atoms. The molecule has 8 heteroatoms. The standard InChI is InChI=1S/C15H18F3NO4/c1-5-12(21)23-7-6-11(20)9-8-10(16)14(18)15(22-4,13(9)17)19(2)3/h5,8,13H,1,6-7H2,2-4H3. The lowest BCUT2D eigenvalue weighted by Gasteiger charge is -2.41. The van der Waals surface area contributed by atoms with E-state index in [-0.39, 0.29) is 13.0 Å². The maximum Gasteiger partial charge on any atom is 0.330 e. The van der Waals surface area contributed by atoms with Crippen molar-refractivity contribution >= 4 is 11.8 Å². The Morgan fingerprint density at radius 2 is 2.04 bits per heavy atom. The number of halogens is 3. The molecule has 2 unspecified atom stereocenters. The van der Waals surface area contributed by atoms with Crippen LogP contribution in [0, 0.1) is 0 Å². The van der Waals surface area contributed by atoms with E-state index in [2.05, 4.69) is 11.3 Å². The quantitative estimate of drug-likeness (QED) is 0.405. The third kappa shape index (κ3) is 3.53. The van der Waals surface area contributed by atoms with E-state index in [1.165, 1.54) is 14.1 Å². The monoisotopic (exact) mass is 333 g/mol. The van der Waals surface area contributed by atoms with Gasteiger partial charge in [-0.2, -0.15) is 0 Å². The van der Waals surface area contributed by atoms with E-state index >= 15 is 0 Å². The topological polar surface area (TPSA) is 55.8 Å². The Balaban J connectivity index is 3.03. The van der Waals surface area contributed by atoms with Crippen molar-refractivity contribution in [2.75, 3.05) is 27.8 Å². The van der Waals surface area contributed by atoms with E-state index < -0.39 is 40.9 Å². The maximum atomic E-state index is 14.7. The lowest BCUT2D eigenvalue weighted by molar-refractivity contribution is -0.144. The number of likely N-dealkylation sites (N-methyl/N-ethyl adjacent to an activating group) is 1. The van der Waals surface area contributed by atoms with E-state index in [9.17, 15) is 22.8 Å². The summed E-state index contributed by atoms with van der Waals surface area (Å²) in [5.41, 5.74) is -2.95. The number of ketones is 1. The molecule has 0 heterocycles. The fraction of sp³-hybridized carbons (Fsp3) is 0.467. The van der Waals surface area contributed by atoms with Crippen LogP contribution >= 0.6 is 0 Å². The van der Waals surface area contributed by atoms with Crippen molar-refractivity contribution in [2.24, 2.45) is 0 Å². The van der Waals surface area contributed by atoms with Crippen molar-refractivity contribution in [3.8, 4) is 0 Å². The molecule has 128 valence electrons. The maximum absolute atomic E-state index is 14.7. The summed E-state index contributed by atoms with van der Waals surface area (Å²) >= 11 is 0. The summed E-state index contributed by atoms with van der Waals surface area (Å²) in [6, 6.07) is 0. The third-order valence-electron chi connectivity index (χ3n) is 3.46. The lowest BCUT2D eigenvalue weighted by Crippen LogP contribution is -2.57. The van der Waals surface area contributed by atoms with Gasteiger partial charge in [-0.25, -0.2) is 18.0 Å². The molecule has 0 radical (unpaired) electrons. The third-order valence-corrected chi connectivity index (χ3v) is 3.46. The number of hydrogen-bond donors (Lipinski definition) is 0. The van der Waals surface area contributed by atoms with Crippen LogP contribution in [-0.2, 0) is 19.1 Å². The highest BCUT2D eigenvalue weighted by Crippen LogP contribution is 2.41. The van der Waals surface area contributed by atoms with E-state index in [0.29, 0.717) is 6.08 Å². The van der Waals surface area contributed by atoms with Crippen molar-refractivity contribution in [1.82, 2.24) is 4.90 Å². The number of carbonyl (C=O) groups is 2. The summed E-state index contributed by atoms with van der Waals surface area (Å²) in [6.45, 7) is 2.85. The molecule has 0 aliphatic heterocycles. The average molecular weight is 333 g/mol. The first kappa shape index (κ1) is 19.1. The van der Waals surface area contributed by atoms with Gasteiger partial charge in [-0.1, -0.05) is 6.58 Å². The van der Waals surface area contributed by atoms with E-state index in [1.807, 2.05) is 0 Å². The molecule has 0 aromatic heterocycles. The molecule has 0 aromatic rings. The number of carbonyl (C=O) groups excluding carboxylic acids is 2. The Morgan fingerprint density at radius 1 is 1.43 bits per heavy atom. The van der Waals surface area contributed by atoms with Crippen LogP contribution in [0.25, 0.3) is 0 Å². The van der Waals surface area contributed by atoms with Gasteiger partial charge in [-0.3, -0.25) is 9.69 Å². The molecule has 0 saturated carbocycles. The van der Waals surface area contributed by atoms with Crippen LogP contribution in [0.1, 0.15) is 6.42 Å². The van der Waals surface area contributed by atoms with Gasteiger partial charge in [0.15, 0.2) is 23.6 Å². The number of methoxy groups -OCH3 is 1. The molecule has 0 spiro atoms. The predicted molar refractivity (Wildman–Crippen MR) is 76.4 cm³/mol. The molecular weight excluding hydrogens is 315 g/mol. The predicted octanol–water partition coefficient (Wildman–Crippen LogP) is 2.01. The van der Waals surface area contributed by atoms with Crippen LogP contribution in [0.4, 0.5) is 13.2 Å². The summed E-state index contributed by atoms with van der Waals surface area (Å²) in [4.78, 5) is 23.9. The minimum Gasteiger partial charge on any atom is -0.462 e. The number of Topliss-reactive ketones (excluding diaryl/α,β-unsaturated/α-hetero) is 1. The molecular formula is C15H18F3NO4. The van der Waals surface area contributed by atoms with E-state index in [1.54, 1.807) is 0 Å². The smallest absolute Gasteiger partial charge is 0.330 e. The fourth-order valence-electron chi connectivity index (χ4n) is 2.23. The molecule has 0 fully saturated rings. The van der Waals surface area contributed by atoms with Crippen LogP contribution in [0.5, 0.6) is 0 Å². The molecule has 1 aliphatic carbocycles. The van der Waals surface area contributed by atoms with Gasteiger partial charge in [0.05, 0.1) is 6.61 Å². The van der Waals surface area contributed by atoms with Crippen LogP contribution in [0.3, 0.4) is 0 Å². The second kappa shape index (κ2) is 7.56. The highest BCUT2D eigenvalue weighted by atomic mass is 19.2. The van der Waals surface area contributed by atoms with Gasteiger partial charge in [0.1, 0.15) is 0 Å². The van der Waals surface area contributed by atoms with E-state index in [0.717, 1.165) is 18.1 Å².